The van der Waals surface area contributed by atoms with Crippen molar-refractivity contribution < 1.29 is 14.3 Å². The highest BCUT2D eigenvalue weighted by Gasteiger charge is 2.36. The topological polar surface area (TPSA) is 71.5 Å². The zero-order valence-electron chi connectivity index (χ0n) is 11.4. The Balaban J connectivity index is 1.76. The number of nitrogens with one attached hydrogen (secondary N) is 1. The van der Waals surface area contributed by atoms with Gasteiger partial charge in [0.15, 0.2) is 0 Å². The van der Waals surface area contributed by atoms with Crippen molar-refractivity contribution in [3.8, 4) is 0 Å². The van der Waals surface area contributed by atoms with Gasteiger partial charge in [-0.25, -0.2) is 0 Å². The third-order valence-corrected chi connectivity index (χ3v) is 4.00. The van der Waals surface area contributed by atoms with Gasteiger partial charge in [-0.1, -0.05) is 0 Å². The van der Waals surface area contributed by atoms with E-state index in [9.17, 15) is 9.59 Å². The van der Waals surface area contributed by atoms with Crippen LogP contribution in [0.2, 0.25) is 0 Å². The SMILES string of the molecule is O=C(NC1CC1)C1COCCN1C(=O)c1cncc(Br)c1. The standard InChI is InChI=1S/C14H16BrN3O3/c15-10-5-9(6-16-7-10)14(20)18-3-4-21-8-12(18)13(19)17-11-1-2-11/h5-7,11-12H,1-4,8H2,(H,17,19). The molecule has 1 aliphatic heterocycles. The summed E-state index contributed by atoms with van der Waals surface area (Å²) < 4.78 is 6.10. The van der Waals surface area contributed by atoms with E-state index in [1.54, 1.807) is 17.2 Å². The first-order valence-electron chi connectivity index (χ1n) is 6.95. The van der Waals surface area contributed by atoms with Crippen LogP contribution in [0, 0.1) is 0 Å². The van der Waals surface area contributed by atoms with E-state index < -0.39 is 6.04 Å². The molecule has 1 aromatic heterocycles. The van der Waals surface area contributed by atoms with Crippen molar-refractivity contribution >= 4 is 27.7 Å². The van der Waals surface area contributed by atoms with Gasteiger partial charge in [-0.05, 0) is 34.8 Å². The first-order valence-corrected chi connectivity index (χ1v) is 7.74. The lowest BCUT2D eigenvalue weighted by atomic mass is 10.1. The minimum absolute atomic E-state index is 0.131. The molecule has 6 nitrogen and oxygen atoms in total. The number of halogens is 1. The number of hydrogen-bond acceptors (Lipinski definition) is 4. The number of carbonyl (C=O) groups excluding carboxylic acids is 2. The van der Waals surface area contributed by atoms with Crippen molar-refractivity contribution in [2.45, 2.75) is 24.9 Å². The average molecular weight is 354 g/mol. The molecule has 7 heteroatoms. The molecule has 0 bridgehead atoms. The Kier molecular flexibility index (Phi) is 4.21. The number of ether oxygens (including phenoxy) is 1. The summed E-state index contributed by atoms with van der Waals surface area (Å²) in [7, 11) is 0. The molecule has 1 saturated carbocycles. The Morgan fingerprint density at radius 2 is 2.19 bits per heavy atom. The number of hydrogen-bond donors (Lipinski definition) is 1. The van der Waals surface area contributed by atoms with E-state index in [0.29, 0.717) is 18.7 Å². The van der Waals surface area contributed by atoms with E-state index in [1.807, 2.05) is 0 Å². The first-order chi connectivity index (χ1) is 10.1. The number of amides is 2. The van der Waals surface area contributed by atoms with Crippen molar-refractivity contribution in [2.24, 2.45) is 0 Å². The summed E-state index contributed by atoms with van der Waals surface area (Å²) >= 11 is 3.30. The number of nitrogens with zero attached hydrogens (tertiary/aromatic N) is 2. The Bertz CT molecular complexity index is 562. The molecule has 0 aromatic carbocycles. The molecule has 1 aromatic rings. The van der Waals surface area contributed by atoms with Gasteiger partial charge in [-0.3, -0.25) is 14.6 Å². The largest absolute Gasteiger partial charge is 0.377 e. The Morgan fingerprint density at radius 1 is 1.38 bits per heavy atom. The van der Waals surface area contributed by atoms with E-state index in [-0.39, 0.29) is 24.5 Å². The molecule has 1 unspecified atom stereocenters. The molecule has 1 atom stereocenters. The molecule has 2 fully saturated rings. The second-order valence-electron chi connectivity index (χ2n) is 5.26. The van der Waals surface area contributed by atoms with Gasteiger partial charge >= 0.3 is 0 Å². The zero-order chi connectivity index (χ0) is 14.8. The molecule has 21 heavy (non-hydrogen) atoms. The van der Waals surface area contributed by atoms with Gasteiger partial charge in [0.25, 0.3) is 5.91 Å². The number of rotatable bonds is 3. The predicted molar refractivity (Wildman–Crippen MR) is 78.7 cm³/mol. The maximum atomic E-state index is 12.6. The van der Waals surface area contributed by atoms with Gasteiger partial charge < -0.3 is 15.0 Å². The smallest absolute Gasteiger partial charge is 0.256 e. The van der Waals surface area contributed by atoms with Crippen LogP contribution in [-0.4, -0.2) is 53.5 Å². The summed E-state index contributed by atoms with van der Waals surface area (Å²) in [5, 5.41) is 2.93. The summed E-state index contributed by atoms with van der Waals surface area (Å²) in [6.45, 7) is 1.10. The zero-order valence-corrected chi connectivity index (χ0v) is 13.0. The number of aromatic nitrogens is 1. The van der Waals surface area contributed by atoms with Gasteiger partial charge in [-0.15, -0.1) is 0 Å². The van der Waals surface area contributed by atoms with E-state index in [2.05, 4.69) is 26.2 Å². The van der Waals surface area contributed by atoms with Gasteiger partial charge in [0, 0.05) is 29.5 Å². The van der Waals surface area contributed by atoms with Crippen molar-refractivity contribution in [2.75, 3.05) is 19.8 Å². The summed E-state index contributed by atoms with van der Waals surface area (Å²) in [6.07, 6.45) is 5.16. The molecule has 0 spiro atoms. The molecule has 1 saturated heterocycles. The van der Waals surface area contributed by atoms with Crippen LogP contribution in [0.15, 0.2) is 22.9 Å². The van der Waals surface area contributed by atoms with E-state index in [1.165, 1.54) is 6.20 Å². The molecule has 2 amide bonds. The Labute approximate surface area is 131 Å². The van der Waals surface area contributed by atoms with Crippen LogP contribution in [0.1, 0.15) is 23.2 Å². The van der Waals surface area contributed by atoms with Crippen LogP contribution >= 0.6 is 15.9 Å². The normalized spacial score (nSPS) is 22.0. The van der Waals surface area contributed by atoms with Crippen LogP contribution in [0.3, 0.4) is 0 Å². The number of morpholine rings is 1. The highest BCUT2D eigenvalue weighted by atomic mass is 79.9. The van der Waals surface area contributed by atoms with Crippen LogP contribution in [0.4, 0.5) is 0 Å². The van der Waals surface area contributed by atoms with Crippen LogP contribution < -0.4 is 5.32 Å². The molecule has 2 heterocycles. The quantitative estimate of drug-likeness (QED) is 0.878. The fourth-order valence-corrected chi connectivity index (χ4v) is 2.65. The minimum Gasteiger partial charge on any atom is -0.377 e. The minimum atomic E-state index is -0.564. The van der Waals surface area contributed by atoms with Crippen molar-refractivity contribution in [3.63, 3.8) is 0 Å². The second-order valence-corrected chi connectivity index (χ2v) is 6.18. The summed E-state index contributed by atoms with van der Waals surface area (Å²) in [5.41, 5.74) is 0.468. The van der Waals surface area contributed by atoms with Gasteiger partial charge in [-0.2, -0.15) is 0 Å². The van der Waals surface area contributed by atoms with E-state index in [0.717, 1.165) is 17.3 Å². The highest BCUT2D eigenvalue weighted by Crippen LogP contribution is 2.20. The molecule has 1 N–H and O–H groups in total. The van der Waals surface area contributed by atoms with Gasteiger partial charge in [0.1, 0.15) is 6.04 Å². The third-order valence-electron chi connectivity index (χ3n) is 3.57. The van der Waals surface area contributed by atoms with Crippen molar-refractivity contribution in [1.82, 2.24) is 15.2 Å². The maximum Gasteiger partial charge on any atom is 0.256 e. The number of pyridine rings is 1. The Morgan fingerprint density at radius 3 is 2.90 bits per heavy atom. The fraction of sp³-hybridized carbons (Fsp3) is 0.500. The molecule has 1 aliphatic carbocycles. The van der Waals surface area contributed by atoms with Crippen LogP contribution in [0.25, 0.3) is 0 Å². The predicted octanol–water partition coefficient (Wildman–Crippen LogP) is 0.964. The average Bonchev–Trinajstić information content (AvgIpc) is 3.30. The maximum absolute atomic E-state index is 12.6. The lowest BCUT2D eigenvalue weighted by molar-refractivity contribution is -0.130. The fourth-order valence-electron chi connectivity index (χ4n) is 2.28. The number of carbonyl (C=O) groups is 2. The van der Waals surface area contributed by atoms with Gasteiger partial charge in [0.2, 0.25) is 5.91 Å². The molecular formula is C14H16BrN3O3. The molecule has 3 rings (SSSR count). The van der Waals surface area contributed by atoms with E-state index in [4.69, 9.17) is 4.74 Å². The third kappa shape index (κ3) is 3.41. The first kappa shape index (κ1) is 14.5. The highest BCUT2D eigenvalue weighted by molar-refractivity contribution is 9.10. The van der Waals surface area contributed by atoms with Gasteiger partial charge in [0.05, 0.1) is 18.8 Å². The van der Waals surface area contributed by atoms with Crippen molar-refractivity contribution in [3.05, 3.63) is 28.5 Å². The molecule has 0 radical (unpaired) electrons. The van der Waals surface area contributed by atoms with Crippen LogP contribution in [-0.2, 0) is 9.53 Å². The Hall–Kier alpha value is -1.47. The molecule has 2 aliphatic rings. The van der Waals surface area contributed by atoms with E-state index >= 15 is 0 Å². The molecular weight excluding hydrogens is 338 g/mol. The monoisotopic (exact) mass is 353 g/mol. The summed E-state index contributed by atoms with van der Waals surface area (Å²) in [5.74, 6) is -0.323. The summed E-state index contributed by atoms with van der Waals surface area (Å²) in [6, 6.07) is 1.41. The van der Waals surface area contributed by atoms with Crippen LogP contribution in [0.5, 0.6) is 0 Å². The summed E-state index contributed by atoms with van der Waals surface area (Å²) in [4.78, 5) is 30.4. The van der Waals surface area contributed by atoms with Crippen molar-refractivity contribution in [1.29, 1.82) is 0 Å². The lowest BCUT2D eigenvalue weighted by Crippen LogP contribution is -2.56. The lowest BCUT2D eigenvalue weighted by Gasteiger charge is -2.34. The molecule has 112 valence electrons. The second kappa shape index (κ2) is 6.11.